The quantitative estimate of drug-likeness (QED) is 0.437. The van der Waals surface area contributed by atoms with Crippen LogP contribution in [0.15, 0.2) is 60.9 Å². The van der Waals surface area contributed by atoms with Crippen molar-refractivity contribution < 1.29 is 9.85 Å². The summed E-state index contributed by atoms with van der Waals surface area (Å²) in [6, 6.07) is 13.3. The summed E-state index contributed by atoms with van der Waals surface area (Å²) in [6.07, 6.45) is 3.64. The Hall–Kier alpha value is -3.68. The van der Waals surface area contributed by atoms with Crippen LogP contribution < -0.4 is 0 Å². The number of aromatic amines is 1. The van der Waals surface area contributed by atoms with Crippen molar-refractivity contribution in [3.8, 4) is 0 Å². The van der Waals surface area contributed by atoms with E-state index < -0.39 is 4.92 Å². The molecule has 25 heavy (non-hydrogen) atoms. The van der Waals surface area contributed by atoms with Gasteiger partial charge in [-0.25, -0.2) is 0 Å². The summed E-state index contributed by atoms with van der Waals surface area (Å²) in [5, 5.41) is 22.6. The normalized spacial score (nSPS) is 10.4. The molecular formula is C17H14N4O4. The van der Waals surface area contributed by atoms with Gasteiger partial charge in [-0.15, -0.1) is 0 Å². The van der Waals surface area contributed by atoms with Crippen molar-refractivity contribution in [2.75, 3.05) is 0 Å². The summed E-state index contributed by atoms with van der Waals surface area (Å²) in [5.74, 6) is 0. The third-order valence-corrected chi connectivity index (χ3v) is 3.83. The van der Waals surface area contributed by atoms with Gasteiger partial charge in [0, 0.05) is 65.5 Å². The highest BCUT2D eigenvalue weighted by Gasteiger charge is 2.07. The Balaban J connectivity index is 0.000000146. The molecule has 2 heterocycles. The van der Waals surface area contributed by atoms with Crippen molar-refractivity contribution >= 4 is 33.2 Å². The molecule has 8 heteroatoms. The number of non-ortho nitro benzene ring substituents is 2. The lowest BCUT2D eigenvalue weighted by molar-refractivity contribution is -0.384. The number of nitro groups is 2. The van der Waals surface area contributed by atoms with Crippen LogP contribution in [0.5, 0.6) is 0 Å². The number of aryl methyl sites for hydroxylation is 1. The number of aromatic nitrogens is 2. The second-order valence-electron chi connectivity index (χ2n) is 5.43. The minimum absolute atomic E-state index is 0.127. The van der Waals surface area contributed by atoms with Crippen molar-refractivity contribution in [2.24, 2.45) is 7.05 Å². The second kappa shape index (κ2) is 6.44. The maximum Gasteiger partial charge on any atom is 0.270 e. The monoisotopic (exact) mass is 338 g/mol. The Kier molecular flexibility index (Phi) is 4.17. The molecule has 2 aromatic carbocycles. The predicted molar refractivity (Wildman–Crippen MR) is 94.5 cm³/mol. The van der Waals surface area contributed by atoms with Crippen molar-refractivity contribution in [1.29, 1.82) is 0 Å². The highest BCUT2D eigenvalue weighted by molar-refractivity contribution is 5.82. The molecule has 4 aromatic rings. The van der Waals surface area contributed by atoms with E-state index in [1.54, 1.807) is 30.5 Å². The number of H-pyrrole nitrogens is 1. The topological polar surface area (TPSA) is 107 Å². The molecule has 1 N–H and O–H groups in total. The predicted octanol–water partition coefficient (Wildman–Crippen LogP) is 4.16. The zero-order chi connectivity index (χ0) is 18.0. The fourth-order valence-corrected chi connectivity index (χ4v) is 2.54. The van der Waals surface area contributed by atoms with E-state index >= 15 is 0 Å². The largest absolute Gasteiger partial charge is 0.361 e. The summed E-state index contributed by atoms with van der Waals surface area (Å²) in [7, 11) is 1.91. The van der Waals surface area contributed by atoms with Gasteiger partial charge in [-0.05, 0) is 24.3 Å². The van der Waals surface area contributed by atoms with Gasteiger partial charge in [0.1, 0.15) is 0 Å². The lowest BCUT2D eigenvalue weighted by atomic mass is 10.2. The summed E-state index contributed by atoms with van der Waals surface area (Å²) < 4.78 is 1.93. The average Bonchev–Trinajstić information content (AvgIpc) is 3.21. The molecule has 4 rings (SSSR count). The highest BCUT2D eigenvalue weighted by atomic mass is 16.6. The van der Waals surface area contributed by atoms with Crippen LogP contribution >= 0.6 is 0 Å². The van der Waals surface area contributed by atoms with Crippen LogP contribution in [0.25, 0.3) is 21.8 Å². The maximum absolute atomic E-state index is 10.5. The van der Waals surface area contributed by atoms with Gasteiger partial charge in [-0.3, -0.25) is 20.2 Å². The first-order valence-electron chi connectivity index (χ1n) is 7.37. The molecule has 0 saturated carbocycles. The zero-order valence-electron chi connectivity index (χ0n) is 13.2. The first kappa shape index (κ1) is 16.2. The van der Waals surface area contributed by atoms with Gasteiger partial charge in [0.2, 0.25) is 0 Å². The number of nitro benzene ring substituents is 2. The summed E-state index contributed by atoms with van der Waals surface area (Å²) >= 11 is 0. The number of hydrogen-bond acceptors (Lipinski definition) is 4. The van der Waals surface area contributed by atoms with Crippen LogP contribution in [-0.2, 0) is 7.05 Å². The number of hydrogen-bond donors (Lipinski definition) is 1. The minimum atomic E-state index is -0.396. The fourth-order valence-electron chi connectivity index (χ4n) is 2.54. The van der Waals surface area contributed by atoms with E-state index in [9.17, 15) is 20.2 Å². The molecule has 0 radical (unpaired) electrons. The van der Waals surface area contributed by atoms with E-state index in [1.165, 1.54) is 12.1 Å². The molecule has 126 valence electrons. The summed E-state index contributed by atoms with van der Waals surface area (Å²) in [6.45, 7) is 0. The molecule has 0 saturated heterocycles. The van der Waals surface area contributed by atoms with E-state index in [0.717, 1.165) is 21.8 Å². The molecule has 0 amide bonds. The SMILES string of the molecule is Cn1ccc2cc([N+](=O)[O-])ccc21.O=[N+]([O-])c1ccc2[nH]ccc2c1. The van der Waals surface area contributed by atoms with Gasteiger partial charge >= 0.3 is 0 Å². The molecular weight excluding hydrogens is 324 g/mol. The molecule has 0 unspecified atom stereocenters. The highest BCUT2D eigenvalue weighted by Crippen LogP contribution is 2.21. The smallest absolute Gasteiger partial charge is 0.270 e. The fraction of sp³-hybridized carbons (Fsp3) is 0.0588. The second-order valence-corrected chi connectivity index (χ2v) is 5.43. The lowest BCUT2D eigenvalue weighted by Crippen LogP contribution is -1.88. The standard InChI is InChI=1S/C9H8N2O2.C8H6N2O2/c1-10-5-4-7-6-8(11(12)13)2-3-9(7)10;11-10(12)7-1-2-8-6(5-7)3-4-9-8/h2-6H,1H3;1-5,9H. The van der Waals surface area contributed by atoms with Crippen molar-refractivity contribution in [3.63, 3.8) is 0 Å². The molecule has 2 aromatic heterocycles. The van der Waals surface area contributed by atoms with Crippen molar-refractivity contribution in [2.45, 2.75) is 0 Å². The van der Waals surface area contributed by atoms with E-state index in [1.807, 2.05) is 29.9 Å². The van der Waals surface area contributed by atoms with Gasteiger partial charge in [0.25, 0.3) is 11.4 Å². The molecule has 0 fully saturated rings. The van der Waals surface area contributed by atoms with E-state index in [0.29, 0.717) is 0 Å². The number of benzene rings is 2. The van der Waals surface area contributed by atoms with E-state index in [4.69, 9.17) is 0 Å². The van der Waals surface area contributed by atoms with Crippen LogP contribution in [0, 0.1) is 20.2 Å². The molecule has 0 aliphatic carbocycles. The van der Waals surface area contributed by atoms with Crippen molar-refractivity contribution in [1.82, 2.24) is 9.55 Å². The van der Waals surface area contributed by atoms with Gasteiger partial charge in [0.05, 0.1) is 9.85 Å². The first-order valence-corrected chi connectivity index (χ1v) is 7.37. The number of nitrogens with zero attached hydrogens (tertiary/aromatic N) is 3. The zero-order valence-corrected chi connectivity index (χ0v) is 13.2. The Morgan fingerprint density at radius 2 is 1.52 bits per heavy atom. The van der Waals surface area contributed by atoms with Crippen LogP contribution in [0.4, 0.5) is 11.4 Å². The number of nitrogens with one attached hydrogen (secondary N) is 1. The van der Waals surface area contributed by atoms with Crippen LogP contribution in [0.1, 0.15) is 0 Å². The van der Waals surface area contributed by atoms with Gasteiger partial charge in [-0.2, -0.15) is 0 Å². The molecule has 8 nitrogen and oxygen atoms in total. The van der Waals surface area contributed by atoms with Crippen LogP contribution in [0.3, 0.4) is 0 Å². The summed E-state index contributed by atoms with van der Waals surface area (Å²) in [5.41, 5.74) is 2.19. The average molecular weight is 338 g/mol. The van der Waals surface area contributed by atoms with Gasteiger partial charge < -0.3 is 9.55 Å². The minimum Gasteiger partial charge on any atom is -0.361 e. The lowest BCUT2D eigenvalue weighted by Gasteiger charge is -1.95. The molecule has 0 atom stereocenters. The third kappa shape index (κ3) is 3.32. The Morgan fingerprint density at radius 1 is 0.880 bits per heavy atom. The van der Waals surface area contributed by atoms with Crippen LogP contribution in [0.2, 0.25) is 0 Å². The third-order valence-electron chi connectivity index (χ3n) is 3.83. The van der Waals surface area contributed by atoms with Crippen molar-refractivity contribution in [3.05, 3.63) is 81.2 Å². The Bertz CT molecular complexity index is 1080. The maximum atomic E-state index is 10.5. The number of rotatable bonds is 2. The molecule has 0 aliphatic heterocycles. The Labute approximate surface area is 141 Å². The van der Waals surface area contributed by atoms with Gasteiger partial charge in [-0.1, -0.05) is 0 Å². The van der Waals surface area contributed by atoms with Crippen LogP contribution in [-0.4, -0.2) is 19.4 Å². The molecule has 0 spiro atoms. The Morgan fingerprint density at radius 3 is 2.20 bits per heavy atom. The summed E-state index contributed by atoms with van der Waals surface area (Å²) in [4.78, 5) is 23.0. The number of fused-ring (bicyclic) bond motifs is 2. The van der Waals surface area contributed by atoms with E-state index in [2.05, 4.69) is 4.98 Å². The molecule has 0 aliphatic rings. The van der Waals surface area contributed by atoms with E-state index in [-0.39, 0.29) is 16.3 Å². The molecule has 0 bridgehead atoms. The first-order chi connectivity index (χ1) is 12.0. The van der Waals surface area contributed by atoms with Gasteiger partial charge in [0.15, 0.2) is 0 Å².